The summed E-state index contributed by atoms with van der Waals surface area (Å²) in [6, 6.07) is 24.4. The van der Waals surface area contributed by atoms with Crippen LogP contribution < -0.4 is 5.56 Å². The van der Waals surface area contributed by atoms with Gasteiger partial charge in [0, 0.05) is 12.1 Å². The summed E-state index contributed by atoms with van der Waals surface area (Å²) in [4.78, 5) is 34.6. The number of aryl methyl sites for hydroxylation is 1. The molecule has 0 fully saturated rings. The SMILES string of the molecule is CCCCCCN(C(=O)c1ccccc1)C(CC)c1nc2ccccc2c(=O)n1-c1ccc(C)cc1. The van der Waals surface area contributed by atoms with E-state index in [1.54, 1.807) is 4.57 Å². The standard InChI is InChI=1S/C31H35N3O2/c1-4-6-7-13-22-33(30(35)24-14-9-8-10-15-24)28(5-2)29-32-27-17-12-11-16-26(27)31(36)34(29)25-20-18-23(3)19-21-25/h8-12,14-21,28H,4-7,13,22H2,1-3H3. The van der Waals surface area contributed by atoms with Gasteiger partial charge in [-0.3, -0.25) is 14.2 Å². The predicted molar refractivity (Wildman–Crippen MR) is 147 cm³/mol. The van der Waals surface area contributed by atoms with Crippen LogP contribution in [0.2, 0.25) is 0 Å². The highest BCUT2D eigenvalue weighted by atomic mass is 16.2. The quantitative estimate of drug-likeness (QED) is 0.232. The van der Waals surface area contributed by atoms with Crippen molar-refractivity contribution in [3.05, 3.63) is 106 Å². The van der Waals surface area contributed by atoms with E-state index >= 15 is 0 Å². The molecule has 4 aromatic rings. The highest BCUT2D eigenvalue weighted by molar-refractivity contribution is 5.94. The minimum atomic E-state index is -0.349. The number of amides is 1. The van der Waals surface area contributed by atoms with Gasteiger partial charge in [-0.2, -0.15) is 0 Å². The van der Waals surface area contributed by atoms with Crippen LogP contribution in [0.5, 0.6) is 0 Å². The molecule has 186 valence electrons. The Hall–Kier alpha value is -3.73. The fraction of sp³-hybridized carbons (Fsp3) is 0.323. The minimum Gasteiger partial charge on any atom is -0.328 e. The molecule has 5 heteroatoms. The number of nitrogens with zero attached hydrogens (tertiary/aromatic N) is 3. The zero-order valence-corrected chi connectivity index (χ0v) is 21.5. The Balaban J connectivity index is 1.89. The van der Waals surface area contributed by atoms with Crippen molar-refractivity contribution < 1.29 is 4.79 Å². The second kappa shape index (κ2) is 11.8. The number of para-hydroxylation sites is 1. The molecule has 1 unspecified atom stereocenters. The maximum atomic E-state index is 13.8. The van der Waals surface area contributed by atoms with Gasteiger partial charge in [-0.25, -0.2) is 4.98 Å². The van der Waals surface area contributed by atoms with E-state index in [0.29, 0.717) is 35.3 Å². The third-order valence-corrected chi connectivity index (χ3v) is 6.69. The lowest BCUT2D eigenvalue weighted by atomic mass is 10.1. The van der Waals surface area contributed by atoms with Crippen LogP contribution in [0.15, 0.2) is 83.7 Å². The van der Waals surface area contributed by atoms with Crippen molar-refractivity contribution in [2.45, 2.75) is 58.9 Å². The summed E-state index contributed by atoms with van der Waals surface area (Å²) in [5.41, 5.74) is 3.06. The Bertz CT molecular complexity index is 1360. The average Bonchev–Trinajstić information content (AvgIpc) is 2.91. The first-order valence-electron chi connectivity index (χ1n) is 13.0. The van der Waals surface area contributed by atoms with Crippen LogP contribution in [-0.4, -0.2) is 26.9 Å². The Morgan fingerprint density at radius 2 is 1.58 bits per heavy atom. The van der Waals surface area contributed by atoms with E-state index in [1.807, 2.05) is 90.7 Å². The average molecular weight is 482 g/mol. The van der Waals surface area contributed by atoms with E-state index in [4.69, 9.17) is 4.98 Å². The lowest BCUT2D eigenvalue weighted by Crippen LogP contribution is -2.39. The highest BCUT2D eigenvalue weighted by Gasteiger charge is 2.29. The Kier molecular flexibility index (Phi) is 8.32. The van der Waals surface area contributed by atoms with Gasteiger partial charge >= 0.3 is 0 Å². The number of hydrogen-bond donors (Lipinski definition) is 0. The molecule has 0 saturated carbocycles. The molecular weight excluding hydrogens is 446 g/mol. The number of benzene rings is 3. The Labute approximate surface area is 213 Å². The van der Waals surface area contributed by atoms with Crippen molar-refractivity contribution in [3.63, 3.8) is 0 Å². The van der Waals surface area contributed by atoms with E-state index in [2.05, 4.69) is 13.8 Å². The molecule has 5 nitrogen and oxygen atoms in total. The molecular formula is C31H35N3O2. The molecule has 36 heavy (non-hydrogen) atoms. The normalized spacial score (nSPS) is 12.0. The molecule has 4 rings (SSSR count). The molecule has 0 aliphatic heterocycles. The van der Waals surface area contributed by atoms with Crippen LogP contribution in [0, 0.1) is 6.92 Å². The molecule has 0 radical (unpaired) electrons. The van der Waals surface area contributed by atoms with Gasteiger partial charge in [0.15, 0.2) is 0 Å². The Morgan fingerprint density at radius 3 is 2.28 bits per heavy atom. The van der Waals surface area contributed by atoms with E-state index in [1.165, 1.54) is 0 Å². The molecule has 1 atom stereocenters. The fourth-order valence-corrected chi connectivity index (χ4v) is 4.71. The summed E-state index contributed by atoms with van der Waals surface area (Å²) in [5, 5.41) is 0.570. The Morgan fingerprint density at radius 1 is 0.889 bits per heavy atom. The van der Waals surface area contributed by atoms with Crippen molar-refractivity contribution in [3.8, 4) is 5.69 Å². The van der Waals surface area contributed by atoms with E-state index in [-0.39, 0.29) is 17.5 Å². The van der Waals surface area contributed by atoms with E-state index in [9.17, 15) is 9.59 Å². The highest BCUT2D eigenvalue weighted by Crippen LogP contribution is 2.28. The molecule has 0 aliphatic rings. The van der Waals surface area contributed by atoms with Crippen LogP contribution in [0.3, 0.4) is 0 Å². The third-order valence-electron chi connectivity index (χ3n) is 6.69. The van der Waals surface area contributed by atoms with Crippen molar-refractivity contribution in [2.75, 3.05) is 6.54 Å². The van der Waals surface area contributed by atoms with Crippen LogP contribution in [0.1, 0.15) is 73.7 Å². The molecule has 0 saturated heterocycles. The first kappa shape index (κ1) is 25.4. The molecule has 3 aromatic carbocycles. The summed E-state index contributed by atoms with van der Waals surface area (Å²) in [6.07, 6.45) is 4.87. The summed E-state index contributed by atoms with van der Waals surface area (Å²) < 4.78 is 1.70. The summed E-state index contributed by atoms with van der Waals surface area (Å²) in [5.74, 6) is 0.571. The van der Waals surface area contributed by atoms with Crippen molar-refractivity contribution in [2.24, 2.45) is 0 Å². The summed E-state index contributed by atoms with van der Waals surface area (Å²) >= 11 is 0. The van der Waals surface area contributed by atoms with Crippen molar-refractivity contribution in [1.29, 1.82) is 0 Å². The number of aromatic nitrogens is 2. The summed E-state index contributed by atoms with van der Waals surface area (Å²) in [7, 11) is 0. The lowest BCUT2D eigenvalue weighted by molar-refractivity contribution is 0.0654. The second-order valence-corrected chi connectivity index (χ2v) is 9.31. The van der Waals surface area contributed by atoms with Gasteiger partial charge in [-0.15, -0.1) is 0 Å². The largest absolute Gasteiger partial charge is 0.328 e. The van der Waals surface area contributed by atoms with Gasteiger partial charge in [0.05, 0.1) is 22.6 Å². The van der Waals surface area contributed by atoms with Crippen LogP contribution in [0.4, 0.5) is 0 Å². The number of unbranched alkanes of at least 4 members (excludes halogenated alkanes) is 3. The molecule has 0 spiro atoms. The van der Waals surface area contributed by atoms with Crippen LogP contribution in [0.25, 0.3) is 16.6 Å². The van der Waals surface area contributed by atoms with Crippen molar-refractivity contribution >= 4 is 16.8 Å². The first-order valence-corrected chi connectivity index (χ1v) is 13.0. The topological polar surface area (TPSA) is 55.2 Å². The number of carbonyl (C=O) groups is 1. The molecule has 1 aromatic heterocycles. The van der Waals surface area contributed by atoms with Gasteiger partial charge in [0.25, 0.3) is 11.5 Å². The van der Waals surface area contributed by atoms with E-state index < -0.39 is 0 Å². The summed E-state index contributed by atoms with van der Waals surface area (Å²) in [6.45, 7) is 6.88. The number of rotatable bonds is 10. The third kappa shape index (κ3) is 5.40. The smallest absolute Gasteiger partial charge is 0.266 e. The maximum Gasteiger partial charge on any atom is 0.266 e. The van der Waals surface area contributed by atoms with E-state index in [0.717, 1.165) is 36.9 Å². The maximum absolute atomic E-state index is 13.8. The number of fused-ring (bicyclic) bond motifs is 1. The number of hydrogen-bond acceptors (Lipinski definition) is 3. The van der Waals surface area contributed by atoms with Gasteiger partial charge < -0.3 is 4.90 Å². The zero-order chi connectivity index (χ0) is 25.5. The zero-order valence-electron chi connectivity index (χ0n) is 21.5. The first-order chi connectivity index (χ1) is 17.5. The molecule has 0 bridgehead atoms. The minimum absolute atomic E-state index is 0.0307. The molecule has 0 N–H and O–H groups in total. The predicted octanol–water partition coefficient (Wildman–Crippen LogP) is 6.87. The fourth-order valence-electron chi connectivity index (χ4n) is 4.71. The van der Waals surface area contributed by atoms with Gasteiger partial charge in [-0.05, 0) is 56.2 Å². The monoisotopic (exact) mass is 481 g/mol. The molecule has 1 heterocycles. The van der Waals surface area contributed by atoms with Crippen LogP contribution >= 0.6 is 0 Å². The lowest BCUT2D eigenvalue weighted by Gasteiger charge is -2.32. The second-order valence-electron chi connectivity index (χ2n) is 9.31. The molecule has 0 aliphatic carbocycles. The van der Waals surface area contributed by atoms with Gasteiger partial charge in [0.2, 0.25) is 0 Å². The molecule has 1 amide bonds. The van der Waals surface area contributed by atoms with Crippen LogP contribution in [-0.2, 0) is 0 Å². The van der Waals surface area contributed by atoms with Crippen molar-refractivity contribution in [1.82, 2.24) is 14.5 Å². The van der Waals surface area contributed by atoms with Gasteiger partial charge in [0.1, 0.15) is 5.82 Å². The van der Waals surface area contributed by atoms with Gasteiger partial charge in [-0.1, -0.05) is 81.1 Å². The number of carbonyl (C=O) groups excluding carboxylic acids is 1.